The minimum absolute atomic E-state index is 0.812. The molecule has 0 spiro atoms. The van der Waals surface area contributed by atoms with Crippen molar-refractivity contribution in [2.75, 3.05) is 18.5 Å². The number of benzene rings is 2. The van der Waals surface area contributed by atoms with E-state index in [0.29, 0.717) is 0 Å². The highest BCUT2D eigenvalue weighted by Gasteiger charge is 2.05. The molecule has 2 rings (SSSR count). The molecule has 0 atom stereocenters. The molecule has 3 nitrogen and oxygen atoms in total. The summed E-state index contributed by atoms with van der Waals surface area (Å²) in [4.78, 5) is 2.43. The second-order valence-corrected chi connectivity index (χ2v) is 5.07. The number of nitrogens with one attached hydrogen (secondary N) is 2. The fourth-order valence-electron chi connectivity index (χ4n) is 2.34. The summed E-state index contributed by atoms with van der Waals surface area (Å²) in [6.07, 6.45) is 0. The zero-order valence-corrected chi connectivity index (χ0v) is 13.0. The van der Waals surface area contributed by atoms with Gasteiger partial charge < -0.3 is 5.43 Å². The zero-order chi connectivity index (χ0) is 14.9. The first kappa shape index (κ1) is 15.5. The van der Waals surface area contributed by atoms with Crippen LogP contribution >= 0.6 is 0 Å². The van der Waals surface area contributed by atoms with Crippen LogP contribution in [-0.2, 0) is 13.1 Å². The Hall–Kier alpha value is -1.84. The first-order chi connectivity index (χ1) is 10.3. The molecule has 0 fully saturated rings. The van der Waals surface area contributed by atoms with E-state index in [-0.39, 0.29) is 0 Å². The predicted octanol–water partition coefficient (Wildman–Crippen LogP) is 3.65. The molecule has 3 heteroatoms. The minimum Gasteiger partial charge on any atom is -0.321 e. The lowest BCUT2D eigenvalue weighted by molar-refractivity contribution is 0.295. The molecule has 0 bridgehead atoms. The lowest BCUT2D eigenvalue weighted by atomic mass is 10.1. The molecule has 0 saturated heterocycles. The Bertz CT molecular complexity index is 521. The molecule has 21 heavy (non-hydrogen) atoms. The average Bonchev–Trinajstić information content (AvgIpc) is 2.55. The van der Waals surface area contributed by atoms with Gasteiger partial charge in [0.25, 0.3) is 0 Å². The number of hydrazine groups is 1. The van der Waals surface area contributed by atoms with E-state index in [1.807, 2.05) is 18.2 Å². The molecule has 0 aliphatic carbocycles. The molecule has 112 valence electrons. The van der Waals surface area contributed by atoms with Gasteiger partial charge in [0.1, 0.15) is 0 Å². The highest BCUT2D eigenvalue weighted by Crippen LogP contribution is 2.12. The molecule has 0 saturated carbocycles. The van der Waals surface area contributed by atoms with E-state index in [1.165, 1.54) is 11.1 Å². The van der Waals surface area contributed by atoms with Crippen molar-refractivity contribution in [1.29, 1.82) is 0 Å². The van der Waals surface area contributed by atoms with Gasteiger partial charge in [-0.25, -0.2) is 5.43 Å². The highest BCUT2D eigenvalue weighted by molar-refractivity contribution is 5.41. The van der Waals surface area contributed by atoms with Crippen LogP contribution in [0.1, 0.15) is 25.0 Å². The van der Waals surface area contributed by atoms with Crippen LogP contribution in [0, 0.1) is 0 Å². The van der Waals surface area contributed by atoms with Gasteiger partial charge in [0.05, 0.1) is 0 Å². The smallest absolute Gasteiger partial charge is 0.0487 e. The largest absolute Gasteiger partial charge is 0.321 e. The van der Waals surface area contributed by atoms with Crippen molar-refractivity contribution in [2.45, 2.75) is 26.9 Å². The van der Waals surface area contributed by atoms with Gasteiger partial charge in [0.15, 0.2) is 0 Å². The summed E-state index contributed by atoms with van der Waals surface area (Å²) in [5.74, 6) is 0. The molecule has 2 N–H and O–H groups in total. The van der Waals surface area contributed by atoms with E-state index >= 15 is 0 Å². The maximum absolute atomic E-state index is 3.30. The van der Waals surface area contributed by atoms with Crippen LogP contribution in [0.25, 0.3) is 0 Å². The monoisotopic (exact) mass is 283 g/mol. The van der Waals surface area contributed by atoms with Crippen LogP contribution in [-0.4, -0.2) is 18.0 Å². The summed E-state index contributed by atoms with van der Waals surface area (Å²) in [6.45, 7) is 8.41. The van der Waals surface area contributed by atoms with Gasteiger partial charge in [-0.2, -0.15) is 0 Å². The maximum Gasteiger partial charge on any atom is 0.0487 e. The van der Waals surface area contributed by atoms with Crippen LogP contribution in [0.2, 0.25) is 0 Å². The average molecular weight is 283 g/mol. The van der Waals surface area contributed by atoms with Crippen molar-refractivity contribution < 1.29 is 0 Å². The third-order valence-corrected chi connectivity index (χ3v) is 3.69. The Morgan fingerprint density at radius 3 is 2.10 bits per heavy atom. The molecule has 2 aromatic rings. The molecule has 0 aliphatic heterocycles. The molecule has 0 heterocycles. The van der Waals surface area contributed by atoms with Crippen molar-refractivity contribution in [1.82, 2.24) is 10.3 Å². The molecule has 2 aromatic carbocycles. The molecule has 0 aromatic heterocycles. The molecular formula is C18H25N3. The van der Waals surface area contributed by atoms with Gasteiger partial charge in [-0.15, -0.1) is 0 Å². The number of anilines is 1. The van der Waals surface area contributed by atoms with Crippen LogP contribution in [0.3, 0.4) is 0 Å². The van der Waals surface area contributed by atoms with E-state index in [0.717, 1.165) is 31.9 Å². The quantitative estimate of drug-likeness (QED) is 0.724. The van der Waals surface area contributed by atoms with E-state index in [9.17, 15) is 0 Å². The summed E-state index contributed by atoms with van der Waals surface area (Å²) in [5, 5.41) is 0. The van der Waals surface area contributed by atoms with Gasteiger partial charge >= 0.3 is 0 Å². The van der Waals surface area contributed by atoms with Gasteiger partial charge in [0.2, 0.25) is 0 Å². The van der Waals surface area contributed by atoms with Crippen LogP contribution in [0.15, 0.2) is 54.6 Å². The Kier molecular flexibility index (Phi) is 6.25. The van der Waals surface area contributed by atoms with Crippen LogP contribution in [0.4, 0.5) is 5.69 Å². The molecular weight excluding hydrogens is 258 g/mol. The van der Waals surface area contributed by atoms with Crippen molar-refractivity contribution in [3.05, 3.63) is 65.7 Å². The number of hydrogen-bond donors (Lipinski definition) is 2. The van der Waals surface area contributed by atoms with Gasteiger partial charge in [-0.1, -0.05) is 56.3 Å². The number of rotatable bonds is 8. The number of para-hydroxylation sites is 1. The molecule has 0 amide bonds. The minimum atomic E-state index is 0.812. The number of nitrogens with zero attached hydrogens (tertiary/aromatic N) is 1. The maximum atomic E-state index is 3.30. The fourth-order valence-corrected chi connectivity index (χ4v) is 2.34. The fraction of sp³-hybridized carbons (Fsp3) is 0.333. The lowest BCUT2D eigenvalue weighted by Crippen LogP contribution is -2.25. The zero-order valence-electron chi connectivity index (χ0n) is 13.0. The summed E-state index contributed by atoms with van der Waals surface area (Å²) in [7, 11) is 0. The second-order valence-electron chi connectivity index (χ2n) is 5.07. The first-order valence-corrected chi connectivity index (χ1v) is 7.66. The van der Waals surface area contributed by atoms with Crippen LogP contribution < -0.4 is 10.9 Å². The Balaban J connectivity index is 1.93. The number of hydrogen-bond acceptors (Lipinski definition) is 3. The Labute approximate surface area is 128 Å². The summed E-state index contributed by atoms with van der Waals surface area (Å²) in [5.41, 5.74) is 10.4. The topological polar surface area (TPSA) is 27.3 Å². The summed E-state index contributed by atoms with van der Waals surface area (Å²) in [6, 6.07) is 18.8. The van der Waals surface area contributed by atoms with Crippen molar-refractivity contribution in [3.63, 3.8) is 0 Å². The van der Waals surface area contributed by atoms with Crippen molar-refractivity contribution in [3.8, 4) is 0 Å². The normalized spacial score (nSPS) is 10.8. The Morgan fingerprint density at radius 2 is 1.43 bits per heavy atom. The molecule has 0 unspecified atom stereocenters. The summed E-state index contributed by atoms with van der Waals surface area (Å²) < 4.78 is 0. The highest BCUT2D eigenvalue weighted by atomic mass is 15.3. The van der Waals surface area contributed by atoms with E-state index in [1.54, 1.807) is 0 Å². The third kappa shape index (κ3) is 4.88. The SMILES string of the molecule is CCN(CC)Cc1ccccc1CNNc1ccccc1. The summed E-state index contributed by atoms with van der Waals surface area (Å²) >= 11 is 0. The van der Waals surface area contributed by atoms with Gasteiger partial charge in [0, 0.05) is 18.8 Å². The van der Waals surface area contributed by atoms with Crippen molar-refractivity contribution in [2.24, 2.45) is 0 Å². The van der Waals surface area contributed by atoms with E-state index in [2.05, 4.69) is 66.0 Å². The Morgan fingerprint density at radius 1 is 0.810 bits per heavy atom. The third-order valence-electron chi connectivity index (χ3n) is 3.69. The molecule has 0 radical (unpaired) electrons. The van der Waals surface area contributed by atoms with Crippen molar-refractivity contribution >= 4 is 5.69 Å². The standard InChI is InChI=1S/C18H25N3/c1-3-21(4-2)15-17-11-9-8-10-16(17)14-19-20-18-12-6-5-7-13-18/h5-13,19-20H,3-4,14-15H2,1-2H3. The predicted molar refractivity (Wildman–Crippen MR) is 90.0 cm³/mol. The van der Waals surface area contributed by atoms with E-state index in [4.69, 9.17) is 0 Å². The van der Waals surface area contributed by atoms with E-state index < -0.39 is 0 Å². The van der Waals surface area contributed by atoms with Crippen LogP contribution in [0.5, 0.6) is 0 Å². The first-order valence-electron chi connectivity index (χ1n) is 7.66. The van der Waals surface area contributed by atoms with Gasteiger partial charge in [-0.05, 0) is 36.3 Å². The molecule has 0 aliphatic rings. The lowest BCUT2D eigenvalue weighted by Gasteiger charge is -2.20. The van der Waals surface area contributed by atoms with Gasteiger partial charge in [-0.3, -0.25) is 4.90 Å². The second kappa shape index (κ2) is 8.45.